The van der Waals surface area contributed by atoms with Crippen LogP contribution in [0.1, 0.15) is 17.0 Å². The molecular formula is C18H15F2N3O. The van der Waals surface area contributed by atoms with Crippen molar-refractivity contribution in [3.8, 4) is 11.8 Å². The highest BCUT2D eigenvalue weighted by atomic mass is 19.1. The molecule has 2 atom stereocenters. The molecular weight excluding hydrogens is 312 g/mol. The summed E-state index contributed by atoms with van der Waals surface area (Å²) >= 11 is 0. The molecule has 1 N–H and O–H groups in total. The van der Waals surface area contributed by atoms with Crippen molar-refractivity contribution in [2.24, 2.45) is 5.92 Å². The molecule has 0 saturated carbocycles. The fourth-order valence-electron chi connectivity index (χ4n) is 2.92. The van der Waals surface area contributed by atoms with Gasteiger partial charge in [0, 0.05) is 43.4 Å². The van der Waals surface area contributed by atoms with Crippen molar-refractivity contribution in [3.63, 3.8) is 0 Å². The van der Waals surface area contributed by atoms with Crippen molar-refractivity contribution < 1.29 is 13.5 Å². The van der Waals surface area contributed by atoms with Crippen molar-refractivity contribution in [1.29, 1.82) is 10.7 Å². The first kappa shape index (κ1) is 15.9. The lowest BCUT2D eigenvalue weighted by atomic mass is 9.79. The summed E-state index contributed by atoms with van der Waals surface area (Å²) in [5.74, 6) is -2.84. The third-order valence-electron chi connectivity index (χ3n) is 4.07. The van der Waals surface area contributed by atoms with Crippen LogP contribution in [-0.2, 0) is 0 Å². The first-order valence-corrected chi connectivity index (χ1v) is 7.34. The average molecular weight is 327 g/mol. The number of benzene rings is 2. The summed E-state index contributed by atoms with van der Waals surface area (Å²) in [4.78, 5) is 1.88. The van der Waals surface area contributed by atoms with Crippen LogP contribution < -0.4 is 9.64 Å². The van der Waals surface area contributed by atoms with Crippen LogP contribution in [0.4, 0.5) is 14.5 Å². The highest BCUT2D eigenvalue weighted by Crippen LogP contribution is 2.43. The molecule has 0 radical (unpaired) electrons. The molecule has 2 aromatic carbocycles. The molecule has 0 bridgehead atoms. The van der Waals surface area contributed by atoms with Gasteiger partial charge in [0.1, 0.15) is 23.3 Å². The van der Waals surface area contributed by atoms with Crippen molar-refractivity contribution in [1.82, 2.24) is 0 Å². The van der Waals surface area contributed by atoms with E-state index < -0.39 is 23.5 Å². The number of rotatable bonds is 2. The van der Waals surface area contributed by atoms with Gasteiger partial charge in [-0.15, -0.1) is 0 Å². The third kappa shape index (κ3) is 2.69. The number of ether oxygens (including phenoxy) is 1. The van der Waals surface area contributed by atoms with Gasteiger partial charge in [-0.25, -0.2) is 8.78 Å². The number of halogens is 2. The standard InChI is InChI=1S/C18H15F2N3O/c1-23(2)13-3-4-14-16(8-13)24-18(22)15(9-21)17(14)10-5-11(19)7-12(20)6-10/h3-8,15,17,22H,1-2H3. The monoisotopic (exact) mass is 327 g/mol. The number of nitriles is 1. The summed E-state index contributed by atoms with van der Waals surface area (Å²) in [6.07, 6.45) is 0. The molecule has 3 rings (SSSR count). The van der Waals surface area contributed by atoms with E-state index in [0.29, 0.717) is 16.9 Å². The van der Waals surface area contributed by atoms with E-state index in [2.05, 4.69) is 0 Å². The van der Waals surface area contributed by atoms with Crippen LogP contribution in [0.15, 0.2) is 36.4 Å². The van der Waals surface area contributed by atoms with Crippen LogP contribution >= 0.6 is 0 Å². The van der Waals surface area contributed by atoms with Crippen LogP contribution in [0.5, 0.6) is 5.75 Å². The van der Waals surface area contributed by atoms with E-state index in [1.165, 1.54) is 12.1 Å². The van der Waals surface area contributed by atoms with E-state index in [1.54, 1.807) is 12.1 Å². The Labute approximate surface area is 138 Å². The van der Waals surface area contributed by atoms with Crippen molar-refractivity contribution in [3.05, 3.63) is 59.2 Å². The smallest absolute Gasteiger partial charge is 0.205 e. The van der Waals surface area contributed by atoms with E-state index in [-0.39, 0.29) is 5.90 Å². The average Bonchev–Trinajstić information content (AvgIpc) is 2.51. The van der Waals surface area contributed by atoms with E-state index in [4.69, 9.17) is 10.1 Å². The van der Waals surface area contributed by atoms with Gasteiger partial charge in [0.15, 0.2) is 0 Å². The lowest BCUT2D eigenvalue weighted by molar-refractivity contribution is 0.448. The van der Waals surface area contributed by atoms with Gasteiger partial charge in [0.05, 0.1) is 6.07 Å². The maximum atomic E-state index is 13.6. The Morgan fingerprint density at radius 2 is 1.79 bits per heavy atom. The van der Waals surface area contributed by atoms with Gasteiger partial charge in [-0.05, 0) is 23.8 Å². The first-order chi connectivity index (χ1) is 11.4. The SMILES string of the molecule is CN(C)c1ccc2c(c1)OC(=N)C(C#N)C2c1cc(F)cc(F)c1. The topological polar surface area (TPSA) is 60.1 Å². The van der Waals surface area contributed by atoms with Crippen molar-refractivity contribution in [2.75, 3.05) is 19.0 Å². The molecule has 0 fully saturated rings. The Morgan fingerprint density at radius 3 is 2.38 bits per heavy atom. The molecule has 6 heteroatoms. The summed E-state index contributed by atoms with van der Waals surface area (Å²) < 4.78 is 32.8. The minimum atomic E-state index is -0.941. The summed E-state index contributed by atoms with van der Waals surface area (Å²) in [5.41, 5.74) is 1.81. The minimum Gasteiger partial charge on any atom is -0.442 e. The second-order valence-corrected chi connectivity index (χ2v) is 5.87. The van der Waals surface area contributed by atoms with Crippen LogP contribution in [0.25, 0.3) is 0 Å². The molecule has 2 unspecified atom stereocenters. The van der Waals surface area contributed by atoms with Gasteiger partial charge in [-0.3, -0.25) is 5.41 Å². The molecule has 0 aromatic heterocycles. The molecule has 0 spiro atoms. The first-order valence-electron chi connectivity index (χ1n) is 7.34. The van der Waals surface area contributed by atoms with Crippen LogP contribution in [0, 0.1) is 34.3 Å². The number of nitrogens with one attached hydrogen (secondary N) is 1. The molecule has 4 nitrogen and oxygen atoms in total. The predicted octanol–water partition coefficient (Wildman–Crippen LogP) is 3.67. The number of fused-ring (bicyclic) bond motifs is 1. The molecule has 0 amide bonds. The zero-order chi connectivity index (χ0) is 17.4. The van der Waals surface area contributed by atoms with Gasteiger partial charge in [-0.2, -0.15) is 5.26 Å². The van der Waals surface area contributed by atoms with Crippen LogP contribution in [-0.4, -0.2) is 20.0 Å². The maximum absolute atomic E-state index is 13.6. The Kier molecular flexibility index (Phi) is 3.94. The molecule has 122 valence electrons. The fraction of sp³-hybridized carbons (Fsp3) is 0.222. The zero-order valence-corrected chi connectivity index (χ0v) is 13.2. The Morgan fingerprint density at radius 1 is 1.12 bits per heavy atom. The van der Waals surface area contributed by atoms with E-state index in [0.717, 1.165) is 11.8 Å². The molecule has 2 aromatic rings. The Bertz CT molecular complexity index is 838. The van der Waals surface area contributed by atoms with Crippen LogP contribution in [0.2, 0.25) is 0 Å². The summed E-state index contributed by atoms with van der Waals surface area (Å²) in [7, 11) is 3.74. The van der Waals surface area contributed by atoms with Crippen LogP contribution in [0.3, 0.4) is 0 Å². The fourth-order valence-corrected chi connectivity index (χ4v) is 2.92. The lowest BCUT2D eigenvalue weighted by Crippen LogP contribution is -2.31. The summed E-state index contributed by atoms with van der Waals surface area (Å²) in [5, 5.41) is 17.4. The van der Waals surface area contributed by atoms with Gasteiger partial charge in [-0.1, -0.05) is 6.07 Å². The maximum Gasteiger partial charge on any atom is 0.205 e. The second-order valence-electron chi connectivity index (χ2n) is 5.87. The zero-order valence-electron chi connectivity index (χ0n) is 13.2. The van der Waals surface area contributed by atoms with Gasteiger partial charge >= 0.3 is 0 Å². The molecule has 1 heterocycles. The normalized spacial score (nSPS) is 19.2. The largest absolute Gasteiger partial charge is 0.442 e. The second kappa shape index (κ2) is 5.93. The van der Waals surface area contributed by atoms with E-state index in [1.807, 2.05) is 31.1 Å². The van der Waals surface area contributed by atoms with E-state index in [9.17, 15) is 14.0 Å². The predicted molar refractivity (Wildman–Crippen MR) is 86.4 cm³/mol. The third-order valence-corrected chi connectivity index (χ3v) is 4.07. The molecule has 1 aliphatic heterocycles. The quantitative estimate of drug-likeness (QED) is 0.915. The van der Waals surface area contributed by atoms with Gasteiger partial charge < -0.3 is 9.64 Å². The number of hydrogen-bond acceptors (Lipinski definition) is 4. The highest BCUT2D eigenvalue weighted by molar-refractivity contribution is 5.85. The van der Waals surface area contributed by atoms with Gasteiger partial charge in [0.2, 0.25) is 5.90 Å². The number of anilines is 1. The van der Waals surface area contributed by atoms with Crippen molar-refractivity contribution >= 4 is 11.6 Å². The number of nitrogens with zero attached hydrogens (tertiary/aromatic N) is 2. The molecule has 1 aliphatic rings. The Hall–Kier alpha value is -2.94. The summed E-state index contributed by atoms with van der Waals surface area (Å²) in [6.45, 7) is 0. The summed E-state index contributed by atoms with van der Waals surface area (Å²) in [6, 6.07) is 10.6. The molecule has 0 saturated heterocycles. The minimum absolute atomic E-state index is 0.226. The number of hydrogen-bond donors (Lipinski definition) is 1. The van der Waals surface area contributed by atoms with Crippen molar-refractivity contribution in [2.45, 2.75) is 5.92 Å². The Balaban J connectivity index is 2.19. The van der Waals surface area contributed by atoms with Gasteiger partial charge in [0.25, 0.3) is 0 Å². The van der Waals surface area contributed by atoms with E-state index >= 15 is 0 Å². The molecule has 0 aliphatic carbocycles. The lowest BCUT2D eigenvalue weighted by Gasteiger charge is -2.31. The highest BCUT2D eigenvalue weighted by Gasteiger charge is 2.37. The molecule has 24 heavy (non-hydrogen) atoms.